The molecule has 0 spiro atoms. The van der Waals surface area contributed by atoms with Gasteiger partial charge in [0.1, 0.15) is 5.76 Å². The van der Waals surface area contributed by atoms with Gasteiger partial charge in [-0.05, 0) is 46.2 Å². The fourth-order valence-corrected chi connectivity index (χ4v) is 3.58. The van der Waals surface area contributed by atoms with Gasteiger partial charge in [-0.2, -0.15) is 0 Å². The SMILES string of the molecule is CN(C)[C@H]1CCN(C(=O)c2noc3c2CCCC3)CC[C@@H]1O. The van der Waals surface area contributed by atoms with Gasteiger partial charge in [0.2, 0.25) is 0 Å². The summed E-state index contributed by atoms with van der Waals surface area (Å²) in [4.78, 5) is 16.6. The zero-order chi connectivity index (χ0) is 15.7. The monoisotopic (exact) mass is 307 g/mol. The number of likely N-dealkylation sites (tertiary alicyclic amines) is 1. The number of likely N-dealkylation sites (N-methyl/N-ethyl adjacent to an activating group) is 1. The van der Waals surface area contributed by atoms with Gasteiger partial charge in [0.15, 0.2) is 5.69 Å². The Morgan fingerprint density at radius 1 is 1.27 bits per heavy atom. The smallest absolute Gasteiger partial charge is 0.276 e. The highest BCUT2D eigenvalue weighted by molar-refractivity contribution is 5.94. The average molecular weight is 307 g/mol. The van der Waals surface area contributed by atoms with Crippen molar-refractivity contribution in [2.24, 2.45) is 0 Å². The summed E-state index contributed by atoms with van der Waals surface area (Å²) in [6, 6.07) is 0.101. The van der Waals surface area contributed by atoms with Gasteiger partial charge in [-0.15, -0.1) is 0 Å². The molecule has 1 N–H and O–H groups in total. The maximum Gasteiger partial charge on any atom is 0.276 e. The number of nitrogens with zero attached hydrogens (tertiary/aromatic N) is 3. The lowest BCUT2D eigenvalue weighted by atomic mass is 9.96. The van der Waals surface area contributed by atoms with Gasteiger partial charge in [0, 0.05) is 31.1 Å². The first-order chi connectivity index (χ1) is 10.6. The van der Waals surface area contributed by atoms with Crippen molar-refractivity contribution in [1.29, 1.82) is 0 Å². The summed E-state index contributed by atoms with van der Waals surface area (Å²) in [6.07, 6.45) is 4.97. The van der Waals surface area contributed by atoms with Crippen molar-refractivity contribution in [2.75, 3.05) is 27.2 Å². The molecule has 6 heteroatoms. The second-order valence-corrected chi connectivity index (χ2v) is 6.61. The van der Waals surface area contributed by atoms with Crippen LogP contribution in [0.25, 0.3) is 0 Å². The third-order valence-electron chi connectivity index (χ3n) is 4.94. The Hall–Kier alpha value is -1.40. The largest absolute Gasteiger partial charge is 0.391 e. The number of aliphatic hydroxyl groups is 1. The minimum absolute atomic E-state index is 0.0430. The molecule has 3 rings (SSSR count). The van der Waals surface area contributed by atoms with Crippen LogP contribution in [0.5, 0.6) is 0 Å². The van der Waals surface area contributed by atoms with Gasteiger partial charge in [0.05, 0.1) is 6.10 Å². The van der Waals surface area contributed by atoms with Crippen LogP contribution in [-0.2, 0) is 12.8 Å². The van der Waals surface area contributed by atoms with Crippen LogP contribution in [-0.4, -0.2) is 65.3 Å². The van der Waals surface area contributed by atoms with E-state index in [1.807, 2.05) is 23.9 Å². The molecule has 2 aliphatic rings. The van der Waals surface area contributed by atoms with Crippen molar-refractivity contribution in [3.05, 3.63) is 17.0 Å². The lowest BCUT2D eigenvalue weighted by Gasteiger charge is -2.26. The summed E-state index contributed by atoms with van der Waals surface area (Å²) in [6.45, 7) is 1.23. The van der Waals surface area contributed by atoms with Crippen LogP contribution < -0.4 is 0 Å². The van der Waals surface area contributed by atoms with Gasteiger partial charge in [-0.25, -0.2) is 0 Å². The number of amides is 1. The second kappa shape index (κ2) is 6.38. The molecule has 22 heavy (non-hydrogen) atoms. The number of rotatable bonds is 2. The van der Waals surface area contributed by atoms with Gasteiger partial charge in [0.25, 0.3) is 5.91 Å². The quantitative estimate of drug-likeness (QED) is 0.885. The predicted molar refractivity (Wildman–Crippen MR) is 81.8 cm³/mol. The van der Waals surface area contributed by atoms with Crippen LogP contribution in [0, 0.1) is 0 Å². The van der Waals surface area contributed by atoms with E-state index >= 15 is 0 Å². The third kappa shape index (κ3) is 2.90. The van der Waals surface area contributed by atoms with Crippen LogP contribution in [0.4, 0.5) is 0 Å². The summed E-state index contributed by atoms with van der Waals surface area (Å²) >= 11 is 0. The first kappa shape index (κ1) is 15.5. The Morgan fingerprint density at radius 3 is 2.77 bits per heavy atom. The molecule has 0 unspecified atom stereocenters. The number of hydrogen-bond acceptors (Lipinski definition) is 5. The van der Waals surface area contributed by atoms with Crippen LogP contribution in [0.1, 0.15) is 47.5 Å². The fraction of sp³-hybridized carbons (Fsp3) is 0.750. The number of carbonyl (C=O) groups is 1. The van der Waals surface area contributed by atoms with Crippen LogP contribution in [0.15, 0.2) is 4.52 Å². The van der Waals surface area contributed by atoms with E-state index < -0.39 is 0 Å². The van der Waals surface area contributed by atoms with E-state index in [0.717, 1.165) is 43.4 Å². The van der Waals surface area contributed by atoms with Crippen LogP contribution in [0.2, 0.25) is 0 Å². The first-order valence-electron chi connectivity index (χ1n) is 8.19. The zero-order valence-corrected chi connectivity index (χ0v) is 13.4. The van der Waals surface area contributed by atoms with E-state index in [1.54, 1.807) is 0 Å². The predicted octanol–water partition coefficient (Wildman–Crippen LogP) is 1.08. The molecule has 1 amide bonds. The molecule has 1 saturated heterocycles. The van der Waals surface area contributed by atoms with Gasteiger partial charge < -0.3 is 19.4 Å². The first-order valence-corrected chi connectivity index (χ1v) is 8.19. The second-order valence-electron chi connectivity index (χ2n) is 6.61. The Balaban J connectivity index is 1.74. The Bertz CT molecular complexity index is 541. The molecule has 0 bridgehead atoms. The van der Waals surface area contributed by atoms with E-state index in [0.29, 0.717) is 25.2 Å². The molecule has 1 aromatic rings. The molecule has 0 aromatic carbocycles. The summed E-state index contributed by atoms with van der Waals surface area (Å²) in [5.74, 6) is 0.842. The van der Waals surface area contributed by atoms with Crippen molar-refractivity contribution < 1.29 is 14.4 Å². The lowest BCUT2D eigenvalue weighted by Crippen LogP contribution is -2.38. The molecule has 2 heterocycles. The molecular weight excluding hydrogens is 282 g/mol. The molecule has 122 valence electrons. The van der Waals surface area contributed by atoms with Gasteiger partial charge >= 0.3 is 0 Å². The van der Waals surface area contributed by atoms with Crippen molar-refractivity contribution in [1.82, 2.24) is 15.0 Å². The Morgan fingerprint density at radius 2 is 2.00 bits per heavy atom. The van der Waals surface area contributed by atoms with Crippen molar-refractivity contribution in [3.63, 3.8) is 0 Å². The zero-order valence-electron chi connectivity index (χ0n) is 13.4. The number of hydrogen-bond donors (Lipinski definition) is 1. The minimum Gasteiger partial charge on any atom is -0.391 e. The lowest BCUT2D eigenvalue weighted by molar-refractivity contribution is 0.0716. The highest BCUT2D eigenvalue weighted by Crippen LogP contribution is 2.26. The van der Waals surface area contributed by atoms with Crippen molar-refractivity contribution >= 4 is 5.91 Å². The minimum atomic E-state index is -0.390. The van der Waals surface area contributed by atoms with Crippen LogP contribution in [0.3, 0.4) is 0 Å². The van der Waals surface area contributed by atoms with E-state index in [-0.39, 0.29) is 18.1 Å². The van der Waals surface area contributed by atoms with Gasteiger partial charge in [-0.1, -0.05) is 5.16 Å². The maximum atomic E-state index is 12.8. The standard InChI is InChI=1S/C16H25N3O3/c1-18(2)12-7-9-19(10-8-13(12)20)16(21)15-11-5-3-4-6-14(11)22-17-15/h12-13,20H,3-10H2,1-2H3/t12-,13-/m0/s1. The van der Waals surface area contributed by atoms with Crippen LogP contribution >= 0.6 is 0 Å². The third-order valence-corrected chi connectivity index (χ3v) is 4.94. The van der Waals surface area contributed by atoms with Crippen molar-refractivity contribution in [2.45, 2.75) is 50.7 Å². The fourth-order valence-electron chi connectivity index (χ4n) is 3.58. The van der Waals surface area contributed by atoms with E-state index in [9.17, 15) is 9.90 Å². The number of aryl methyl sites for hydroxylation is 1. The van der Waals surface area contributed by atoms with E-state index in [1.165, 1.54) is 0 Å². The van der Waals surface area contributed by atoms with Gasteiger partial charge in [-0.3, -0.25) is 4.79 Å². The topological polar surface area (TPSA) is 69.8 Å². The molecular formula is C16H25N3O3. The average Bonchev–Trinajstić information content (AvgIpc) is 2.83. The normalized spacial score (nSPS) is 25.9. The number of carbonyl (C=O) groups excluding carboxylic acids is 1. The molecule has 0 radical (unpaired) electrons. The molecule has 2 atom stereocenters. The number of aromatic nitrogens is 1. The molecule has 0 saturated carbocycles. The molecule has 6 nitrogen and oxygen atoms in total. The number of aliphatic hydroxyl groups excluding tert-OH is 1. The Kier molecular flexibility index (Phi) is 4.49. The summed E-state index contributed by atoms with van der Waals surface area (Å²) in [5.41, 5.74) is 1.50. The molecule has 1 aliphatic carbocycles. The molecule has 1 aromatic heterocycles. The maximum absolute atomic E-state index is 12.8. The van der Waals surface area contributed by atoms with E-state index in [4.69, 9.17) is 4.52 Å². The van der Waals surface area contributed by atoms with E-state index in [2.05, 4.69) is 5.16 Å². The number of fused-ring (bicyclic) bond motifs is 1. The molecule has 1 aliphatic heterocycles. The highest BCUT2D eigenvalue weighted by atomic mass is 16.5. The Labute approximate surface area is 131 Å². The van der Waals surface area contributed by atoms with Crippen molar-refractivity contribution in [3.8, 4) is 0 Å². The molecule has 1 fully saturated rings. The highest BCUT2D eigenvalue weighted by Gasteiger charge is 2.31. The summed E-state index contributed by atoms with van der Waals surface area (Å²) in [7, 11) is 3.94. The summed E-state index contributed by atoms with van der Waals surface area (Å²) in [5, 5.41) is 14.3. The summed E-state index contributed by atoms with van der Waals surface area (Å²) < 4.78 is 5.36.